The minimum Gasteiger partial charge on any atom is -0.325 e. The van der Waals surface area contributed by atoms with Gasteiger partial charge in [0.15, 0.2) is 6.17 Å². The lowest BCUT2D eigenvalue weighted by molar-refractivity contribution is 0.418. The van der Waals surface area contributed by atoms with Crippen molar-refractivity contribution in [2.75, 3.05) is 10.6 Å². The fraction of sp³-hybridized carbons (Fsp3) is 0.0476. The Hall–Kier alpha value is -4.20. The second-order valence-electron chi connectivity index (χ2n) is 6.45. The fourth-order valence-corrected chi connectivity index (χ4v) is 3.12. The number of hydrazone groups is 1. The van der Waals surface area contributed by atoms with Crippen LogP contribution in [0.5, 0.6) is 0 Å². The van der Waals surface area contributed by atoms with Crippen LogP contribution in [0.4, 0.5) is 11.4 Å². The first-order valence-corrected chi connectivity index (χ1v) is 9.21. The normalized spacial score (nSPS) is 17.4. The third-order valence-corrected chi connectivity index (χ3v) is 4.47. The second-order valence-corrected chi connectivity index (χ2v) is 6.45. The SMILES string of the molecule is c1ccc(NC2=NC3=NNC(c4cccnc4)N3C(Nc3ccccc3)=N2)cc1. The van der Waals surface area contributed by atoms with Gasteiger partial charge in [0.2, 0.25) is 11.9 Å². The van der Waals surface area contributed by atoms with Crippen molar-refractivity contribution < 1.29 is 0 Å². The molecule has 3 heterocycles. The number of rotatable bonds is 3. The lowest BCUT2D eigenvalue weighted by Crippen LogP contribution is -2.45. The second kappa shape index (κ2) is 7.43. The largest absolute Gasteiger partial charge is 0.325 e. The van der Waals surface area contributed by atoms with Gasteiger partial charge in [-0.2, -0.15) is 9.98 Å². The van der Waals surface area contributed by atoms with E-state index in [0.29, 0.717) is 17.9 Å². The van der Waals surface area contributed by atoms with Crippen molar-refractivity contribution in [2.45, 2.75) is 6.17 Å². The predicted molar refractivity (Wildman–Crippen MR) is 114 cm³/mol. The van der Waals surface area contributed by atoms with Crippen LogP contribution < -0.4 is 16.1 Å². The molecule has 8 heteroatoms. The van der Waals surface area contributed by atoms with Gasteiger partial charge in [0.1, 0.15) is 0 Å². The van der Waals surface area contributed by atoms with Crippen molar-refractivity contribution in [1.29, 1.82) is 0 Å². The summed E-state index contributed by atoms with van der Waals surface area (Å²) in [6.07, 6.45) is 3.29. The summed E-state index contributed by atoms with van der Waals surface area (Å²) in [5, 5.41) is 11.0. The van der Waals surface area contributed by atoms with Gasteiger partial charge in [-0.1, -0.05) is 42.5 Å². The number of aromatic nitrogens is 1. The fourth-order valence-electron chi connectivity index (χ4n) is 3.12. The molecule has 1 unspecified atom stereocenters. The van der Waals surface area contributed by atoms with Crippen molar-refractivity contribution in [3.05, 3.63) is 90.8 Å². The van der Waals surface area contributed by atoms with Crippen LogP contribution in [0, 0.1) is 0 Å². The van der Waals surface area contributed by atoms with E-state index in [0.717, 1.165) is 16.9 Å². The highest BCUT2D eigenvalue weighted by Crippen LogP contribution is 2.26. The van der Waals surface area contributed by atoms with Crippen molar-refractivity contribution in [3.63, 3.8) is 0 Å². The first-order valence-electron chi connectivity index (χ1n) is 9.21. The molecular weight excluding hydrogens is 364 g/mol. The van der Waals surface area contributed by atoms with E-state index in [1.54, 1.807) is 12.4 Å². The maximum absolute atomic E-state index is 4.72. The highest BCUT2D eigenvalue weighted by atomic mass is 15.6. The molecular formula is C21H18N8. The summed E-state index contributed by atoms with van der Waals surface area (Å²) in [6.45, 7) is 0. The Bertz CT molecular complexity index is 1080. The number of benzene rings is 2. The van der Waals surface area contributed by atoms with Gasteiger partial charge in [0.05, 0.1) is 0 Å². The zero-order valence-corrected chi connectivity index (χ0v) is 15.4. The van der Waals surface area contributed by atoms with Crippen LogP contribution in [0.2, 0.25) is 0 Å². The number of guanidine groups is 3. The van der Waals surface area contributed by atoms with E-state index >= 15 is 0 Å². The molecule has 0 saturated carbocycles. The molecule has 3 N–H and O–H groups in total. The van der Waals surface area contributed by atoms with E-state index in [-0.39, 0.29) is 6.17 Å². The van der Waals surface area contributed by atoms with Crippen molar-refractivity contribution in [1.82, 2.24) is 15.3 Å². The van der Waals surface area contributed by atoms with Crippen molar-refractivity contribution >= 4 is 29.3 Å². The average molecular weight is 382 g/mol. The first kappa shape index (κ1) is 16.9. The Morgan fingerprint density at radius 2 is 1.52 bits per heavy atom. The van der Waals surface area contributed by atoms with Gasteiger partial charge in [-0.15, -0.1) is 5.10 Å². The van der Waals surface area contributed by atoms with Gasteiger partial charge in [-0.05, 0) is 30.3 Å². The van der Waals surface area contributed by atoms with Crippen LogP contribution in [0.1, 0.15) is 11.7 Å². The van der Waals surface area contributed by atoms with Crippen LogP contribution in [0.15, 0.2) is 100 Å². The van der Waals surface area contributed by atoms with Gasteiger partial charge >= 0.3 is 0 Å². The lowest BCUT2D eigenvalue weighted by atomic mass is 10.2. The van der Waals surface area contributed by atoms with Gasteiger partial charge in [0, 0.05) is 29.3 Å². The number of nitrogens with zero attached hydrogens (tertiary/aromatic N) is 5. The van der Waals surface area contributed by atoms with E-state index in [1.807, 2.05) is 77.7 Å². The standard InChI is InChI=1S/C21H18N8/c1-3-9-16(10-4-1)23-19-25-20(24-17-11-5-2-6-12-17)29-18(27-28-21(29)26-19)15-8-7-13-22-14-15/h1-14,18,27H,(H2,23,24,25,26,28). The summed E-state index contributed by atoms with van der Waals surface area (Å²) in [6, 6.07) is 23.6. The molecule has 0 aliphatic carbocycles. The molecule has 0 fully saturated rings. The molecule has 8 nitrogen and oxygen atoms in total. The van der Waals surface area contributed by atoms with E-state index < -0.39 is 0 Å². The van der Waals surface area contributed by atoms with Crippen LogP contribution in [-0.2, 0) is 0 Å². The zero-order valence-electron chi connectivity index (χ0n) is 15.4. The number of pyridine rings is 1. The quantitative estimate of drug-likeness (QED) is 0.647. The van der Waals surface area contributed by atoms with E-state index in [9.17, 15) is 0 Å². The topological polar surface area (TPSA) is 89.3 Å². The smallest absolute Gasteiger partial charge is 0.254 e. The summed E-state index contributed by atoms with van der Waals surface area (Å²) < 4.78 is 0. The number of hydrogen-bond acceptors (Lipinski definition) is 8. The number of aliphatic imine (C=N–C) groups is 2. The molecule has 2 aliphatic heterocycles. The van der Waals surface area contributed by atoms with E-state index in [1.165, 1.54) is 0 Å². The molecule has 142 valence electrons. The van der Waals surface area contributed by atoms with Crippen molar-refractivity contribution in [3.8, 4) is 0 Å². The first-order chi connectivity index (χ1) is 14.4. The number of nitrogens with one attached hydrogen (secondary N) is 3. The van der Waals surface area contributed by atoms with Gasteiger partial charge in [-0.25, -0.2) is 0 Å². The summed E-state index contributed by atoms with van der Waals surface area (Å²) in [5.41, 5.74) is 5.92. The molecule has 0 bridgehead atoms. The van der Waals surface area contributed by atoms with Crippen LogP contribution in [-0.4, -0.2) is 27.8 Å². The average Bonchev–Trinajstić information content (AvgIpc) is 3.20. The van der Waals surface area contributed by atoms with E-state index in [2.05, 4.69) is 31.1 Å². The molecule has 0 spiro atoms. The Labute approximate surface area is 167 Å². The minimum absolute atomic E-state index is 0.254. The molecule has 1 aromatic heterocycles. The molecule has 5 rings (SSSR count). The van der Waals surface area contributed by atoms with Gasteiger partial charge in [-0.3, -0.25) is 15.3 Å². The van der Waals surface area contributed by atoms with Gasteiger partial charge < -0.3 is 10.6 Å². The highest BCUT2D eigenvalue weighted by Gasteiger charge is 2.36. The molecule has 2 aliphatic rings. The molecule has 0 radical (unpaired) electrons. The van der Waals surface area contributed by atoms with Crippen LogP contribution in [0.25, 0.3) is 0 Å². The maximum atomic E-state index is 4.72. The Morgan fingerprint density at radius 3 is 2.21 bits per heavy atom. The van der Waals surface area contributed by atoms with Crippen LogP contribution in [0.3, 0.4) is 0 Å². The highest BCUT2D eigenvalue weighted by molar-refractivity contribution is 6.19. The van der Waals surface area contributed by atoms with Gasteiger partial charge in [0.25, 0.3) is 5.96 Å². The third kappa shape index (κ3) is 3.51. The number of fused-ring (bicyclic) bond motifs is 1. The molecule has 0 saturated heterocycles. The minimum atomic E-state index is -0.254. The molecule has 0 amide bonds. The molecule has 3 aromatic rings. The Balaban J connectivity index is 1.50. The van der Waals surface area contributed by atoms with Crippen molar-refractivity contribution in [2.24, 2.45) is 15.1 Å². The summed E-state index contributed by atoms with van der Waals surface area (Å²) in [4.78, 5) is 15.4. The molecule has 1 atom stereocenters. The lowest BCUT2D eigenvalue weighted by Gasteiger charge is -2.29. The predicted octanol–water partition coefficient (Wildman–Crippen LogP) is 3.21. The maximum Gasteiger partial charge on any atom is 0.254 e. The Morgan fingerprint density at radius 1 is 0.793 bits per heavy atom. The summed E-state index contributed by atoms with van der Waals surface area (Å²) in [7, 11) is 0. The number of para-hydroxylation sites is 2. The number of anilines is 2. The molecule has 2 aromatic carbocycles. The molecule has 29 heavy (non-hydrogen) atoms. The monoisotopic (exact) mass is 382 g/mol. The third-order valence-electron chi connectivity index (χ3n) is 4.47. The summed E-state index contributed by atoms with van der Waals surface area (Å²) >= 11 is 0. The van der Waals surface area contributed by atoms with Crippen LogP contribution >= 0.6 is 0 Å². The summed E-state index contributed by atoms with van der Waals surface area (Å²) in [5.74, 6) is 1.59. The Kier molecular flexibility index (Phi) is 4.34. The zero-order chi connectivity index (χ0) is 19.5. The van der Waals surface area contributed by atoms with E-state index in [4.69, 9.17) is 4.99 Å². The number of hydrogen-bond donors (Lipinski definition) is 3.